The van der Waals surface area contributed by atoms with Gasteiger partial charge in [-0.05, 0) is 37.2 Å². The summed E-state index contributed by atoms with van der Waals surface area (Å²) in [4.78, 5) is 20.8. The molecule has 0 fully saturated rings. The normalized spacial score (nSPS) is 10.9. The lowest BCUT2D eigenvalue weighted by Crippen LogP contribution is -2.19. The first-order valence-corrected chi connectivity index (χ1v) is 10.1. The molecule has 1 amide bonds. The molecule has 4 rings (SSSR count). The fourth-order valence-corrected chi connectivity index (χ4v) is 3.09. The smallest absolute Gasteiger partial charge is 0.246 e. The highest BCUT2D eigenvalue weighted by Crippen LogP contribution is 2.26. The third-order valence-electron chi connectivity index (χ3n) is 4.65. The number of halogens is 2. The standard InChI is InChI=1S/C22H21F2N7O2/c23-17-3-1-4-18(21(17)24)30-20(32)12-31-11-14(10-28-31)29-22-16-6-5-15(33-8-2-7-25)9-19(16)26-13-27-22/h1,3-6,9-11,13H,2,7-8,12,25H2,(H,30,32)(H,26,27,29). The highest BCUT2D eigenvalue weighted by molar-refractivity contribution is 5.92. The van der Waals surface area contributed by atoms with Gasteiger partial charge in [-0.15, -0.1) is 0 Å². The van der Waals surface area contributed by atoms with Crippen LogP contribution in [0.4, 0.5) is 26.0 Å². The van der Waals surface area contributed by atoms with Crippen molar-refractivity contribution in [3.8, 4) is 5.75 Å². The number of rotatable bonds is 9. The fraction of sp³-hybridized carbons (Fsp3) is 0.182. The number of benzene rings is 2. The predicted molar refractivity (Wildman–Crippen MR) is 119 cm³/mol. The van der Waals surface area contributed by atoms with Gasteiger partial charge >= 0.3 is 0 Å². The Labute approximate surface area is 187 Å². The van der Waals surface area contributed by atoms with E-state index in [9.17, 15) is 13.6 Å². The van der Waals surface area contributed by atoms with Crippen LogP contribution >= 0.6 is 0 Å². The lowest BCUT2D eigenvalue weighted by Gasteiger charge is -2.09. The first kappa shape index (κ1) is 22.1. The Hall–Kier alpha value is -4.12. The number of aromatic nitrogens is 4. The summed E-state index contributed by atoms with van der Waals surface area (Å²) in [6, 6.07) is 9.06. The van der Waals surface area contributed by atoms with E-state index in [1.165, 1.54) is 29.3 Å². The van der Waals surface area contributed by atoms with Gasteiger partial charge in [-0.25, -0.2) is 18.7 Å². The maximum Gasteiger partial charge on any atom is 0.246 e. The summed E-state index contributed by atoms with van der Waals surface area (Å²) in [6.45, 7) is 0.892. The van der Waals surface area contributed by atoms with Crippen LogP contribution < -0.4 is 21.1 Å². The molecule has 33 heavy (non-hydrogen) atoms. The van der Waals surface area contributed by atoms with Crippen molar-refractivity contribution in [1.29, 1.82) is 0 Å². The zero-order chi connectivity index (χ0) is 23.2. The third-order valence-corrected chi connectivity index (χ3v) is 4.65. The summed E-state index contributed by atoms with van der Waals surface area (Å²) in [7, 11) is 0. The quantitative estimate of drug-likeness (QED) is 0.333. The number of nitrogens with one attached hydrogen (secondary N) is 2. The number of amides is 1. The number of nitrogens with two attached hydrogens (primary N) is 1. The molecule has 0 saturated heterocycles. The van der Waals surface area contributed by atoms with Crippen LogP contribution in [0.15, 0.2) is 55.1 Å². The Bertz CT molecular complexity index is 1280. The van der Waals surface area contributed by atoms with Crippen molar-refractivity contribution in [3.05, 3.63) is 66.8 Å². The minimum absolute atomic E-state index is 0.189. The summed E-state index contributed by atoms with van der Waals surface area (Å²) in [5, 5.41) is 10.4. The molecule has 0 radical (unpaired) electrons. The molecule has 0 atom stereocenters. The highest BCUT2D eigenvalue weighted by Gasteiger charge is 2.12. The monoisotopic (exact) mass is 453 g/mol. The summed E-state index contributed by atoms with van der Waals surface area (Å²) in [5.41, 5.74) is 6.53. The van der Waals surface area contributed by atoms with Crippen molar-refractivity contribution in [2.75, 3.05) is 23.8 Å². The second-order valence-electron chi connectivity index (χ2n) is 7.09. The van der Waals surface area contributed by atoms with Crippen molar-refractivity contribution in [3.63, 3.8) is 0 Å². The second-order valence-corrected chi connectivity index (χ2v) is 7.09. The van der Waals surface area contributed by atoms with E-state index in [2.05, 4.69) is 25.7 Å². The first-order chi connectivity index (χ1) is 16.0. The Balaban J connectivity index is 1.42. The molecule has 2 aromatic heterocycles. The van der Waals surface area contributed by atoms with E-state index in [1.54, 1.807) is 6.20 Å². The van der Waals surface area contributed by atoms with E-state index in [4.69, 9.17) is 10.5 Å². The molecular formula is C22H21F2N7O2. The van der Waals surface area contributed by atoms with Gasteiger partial charge in [0.25, 0.3) is 0 Å². The van der Waals surface area contributed by atoms with Crippen LogP contribution in [0.3, 0.4) is 0 Å². The number of ether oxygens (including phenoxy) is 1. The third kappa shape index (κ3) is 5.39. The molecule has 0 saturated carbocycles. The van der Waals surface area contributed by atoms with Crippen LogP contribution in [0.5, 0.6) is 5.75 Å². The van der Waals surface area contributed by atoms with Gasteiger partial charge < -0.3 is 21.1 Å². The fourth-order valence-electron chi connectivity index (χ4n) is 3.09. The number of hydrogen-bond donors (Lipinski definition) is 3. The van der Waals surface area contributed by atoms with Gasteiger partial charge in [-0.3, -0.25) is 9.48 Å². The van der Waals surface area contributed by atoms with Gasteiger partial charge in [0, 0.05) is 17.6 Å². The lowest BCUT2D eigenvalue weighted by atomic mass is 10.2. The zero-order valence-corrected chi connectivity index (χ0v) is 17.5. The topological polar surface area (TPSA) is 120 Å². The number of hydrogen-bond acceptors (Lipinski definition) is 7. The Morgan fingerprint density at radius 3 is 2.91 bits per heavy atom. The Morgan fingerprint density at radius 2 is 2.06 bits per heavy atom. The maximum atomic E-state index is 13.7. The number of nitrogens with zero attached hydrogens (tertiary/aromatic N) is 4. The number of fused-ring (bicyclic) bond motifs is 1. The molecule has 9 nitrogen and oxygen atoms in total. The number of anilines is 3. The van der Waals surface area contributed by atoms with Gasteiger partial charge in [-0.2, -0.15) is 5.10 Å². The molecule has 0 spiro atoms. The summed E-state index contributed by atoms with van der Waals surface area (Å²) >= 11 is 0. The van der Waals surface area contributed by atoms with Gasteiger partial charge in [0.2, 0.25) is 5.91 Å². The minimum atomic E-state index is -1.11. The van der Waals surface area contributed by atoms with Crippen LogP contribution in [0.1, 0.15) is 6.42 Å². The molecule has 0 bridgehead atoms. The molecule has 2 aromatic carbocycles. The summed E-state index contributed by atoms with van der Waals surface area (Å²) in [5.74, 6) is -1.46. The molecule has 0 unspecified atom stereocenters. The van der Waals surface area contributed by atoms with Crippen LogP contribution in [0.25, 0.3) is 10.9 Å². The molecule has 4 N–H and O–H groups in total. The molecule has 4 aromatic rings. The average molecular weight is 453 g/mol. The molecule has 0 aliphatic heterocycles. The number of carbonyl (C=O) groups is 1. The summed E-state index contributed by atoms with van der Waals surface area (Å²) in [6.07, 6.45) is 5.31. The maximum absolute atomic E-state index is 13.7. The summed E-state index contributed by atoms with van der Waals surface area (Å²) < 4.78 is 34.0. The van der Waals surface area contributed by atoms with E-state index in [0.29, 0.717) is 35.9 Å². The van der Waals surface area contributed by atoms with Gasteiger partial charge in [0.1, 0.15) is 24.4 Å². The van der Waals surface area contributed by atoms with Crippen LogP contribution in [-0.4, -0.2) is 38.8 Å². The predicted octanol–water partition coefficient (Wildman–Crippen LogP) is 3.21. The van der Waals surface area contributed by atoms with Crippen molar-refractivity contribution in [1.82, 2.24) is 19.7 Å². The van der Waals surface area contributed by atoms with E-state index >= 15 is 0 Å². The molecule has 11 heteroatoms. The SMILES string of the molecule is NCCCOc1ccc2c(Nc3cnn(CC(=O)Nc4cccc(F)c4F)c3)ncnc2c1. The average Bonchev–Trinajstić information content (AvgIpc) is 3.23. The van der Waals surface area contributed by atoms with E-state index in [1.807, 2.05) is 18.2 Å². The minimum Gasteiger partial charge on any atom is -0.493 e. The van der Waals surface area contributed by atoms with Gasteiger partial charge in [0.05, 0.1) is 29.7 Å². The van der Waals surface area contributed by atoms with E-state index in [0.717, 1.165) is 17.9 Å². The Kier molecular flexibility index (Phi) is 6.69. The van der Waals surface area contributed by atoms with Crippen LogP contribution in [0.2, 0.25) is 0 Å². The van der Waals surface area contributed by atoms with Crippen molar-refractivity contribution in [2.45, 2.75) is 13.0 Å². The highest BCUT2D eigenvalue weighted by atomic mass is 19.2. The van der Waals surface area contributed by atoms with E-state index in [-0.39, 0.29) is 12.2 Å². The molecule has 170 valence electrons. The van der Waals surface area contributed by atoms with Crippen molar-refractivity contribution < 1.29 is 18.3 Å². The molecular weight excluding hydrogens is 432 g/mol. The van der Waals surface area contributed by atoms with Crippen LogP contribution in [0, 0.1) is 11.6 Å². The largest absolute Gasteiger partial charge is 0.493 e. The Morgan fingerprint density at radius 1 is 1.18 bits per heavy atom. The molecule has 0 aliphatic rings. The van der Waals surface area contributed by atoms with Gasteiger partial charge in [0.15, 0.2) is 11.6 Å². The van der Waals surface area contributed by atoms with Crippen LogP contribution in [-0.2, 0) is 11.3 Å². The van der Waals surface area contributed by atoms with E-state index < -0.39 is 17.5 Å². The molecule has 2 heterocycles. The van der Waals surface area contributed by atoms with Gasteiger partial charge in [-0.1, -0.05) is 6.07 Å². The second kappa shape index (κ2) is 10.0. The molecule has 0 aliphatic carbocycles. The first-order valence-electron chi connectivity index (χ1n) is 10.1. The zero-order valence-electron chi connectivity index (χ0n) is 17.5. The lowest BCUT2D eigenvalue weighted by molar-refractivity contribution is -0.116. The van der Waals surface area contributed by atoms with Crippen molar-refractivity contribution >= 4 is 34.0 Å². The van der Waals surface area contributed by atoms with Crippen molar-refractivity contribution in [2.24, 2.45) is 5.73 Å². The number of carbonyl (C=O) groups excluding carboxylic acids is 1.